The minimum Gasteiger partial charge on any atom is -0.383 e. The van der Waals surface area contributed by atoms with Gasteiger partial charge in [0.1, 0.15) is 0 Å². The summed E-state index contributed by atoms with van der Waals surface area (Å²) in [5.41, 5.74) is 1.60. The molecule has 1 aromatic heterocycles. The molecule has 1 aromatic rings. The molecular formula is C14H23NOS. The number of fused-ring (bicyclic) bond motifs is 1. The van der Waals surface area contributed by atoms with E-state index in [1.165, 1.54) is 24.1 Å². The third kappa shape index (κ3) is 3.30. The van der Waals surface area contributed by atoms with Crippen molar-refractivity contribution in [2.45, 2.75) is 45.7 Å². The molecule has 0 radical (unpaired) electrons. The van der Waals surface area contributed by atoms with Gasteiger partial charge in [0.2, 0.25) is 0 Å². The molecule has 2 rings (SSSR count). The van der Waals surface area contributed by atoms with Gasteiger partial charge in [0.25, 0.3) is 0 Å². The lowest BCUT2D eigenvalue weighted by molar-refractivity contribution is 0.146. The van der Waals surface area contributed by atoms with E-state index in [1.807, 2.05) is 11.3 Å². The van der Waals surface area contributed by atoms with Crippen LogP contribution in [0.5, 0.6) is 0 Å². The monoisotopic (exact) mass is 253 g/mol. The Labute approximate surface area is 108 Å². The maximum Gasteiger partial charge on any atom is 0.0618 e. The quantitative estimate of drug-likeness (QED) is 0.841. The lowest BCUT2D eigenvalue weighted by Crippen LogP contribution is -2.37. The minimum absolute atomic E-state index is 0.456. The van der Waals surface area contributed by atoms with E-state index in [9.17, 15) is 0 Å². The maximum atomic E-state index is 5.26. The summed E-state index contributed by atoms with van der Waals surface area (Å²) >= 11 is 1.99. The Bertz CT molecular complexity index is 338. The van der Waals surface area contributed by atoms with Crippen molar-refractivity contribution in [3.63, 3.8) is 0 Å². The van der Waals surface area contributed by atoms with Crippen LogP contribution in [-0.4, -0.2) is 19.8 Å². The predicted molar refractivity (Wildman–Crippen MR) is 73.7 cm³/mol. The van der Waals surface area contributed by atoms with Gasteiger partial charge in [-0.3, -0.25) is 0 Å². The standard InChI is InChI=1S/C14H23NOS/c1-10(2)13(9-16-3)15-8-12-7-11-5-4-6-14(11)17-12/h7,10,13,15H,4-6,8-9H2,1-3H3. The van der Waals surface area contributed by atoms with Crippen molar-refractivity contribution in [3.8, 4) is 0 Å². The normalized spacial score (nSPS) is 16.5. The fourth-order valence-corrected chi connectivity index (χ4v) is 3.59. The molecule has 1 aliphatic rings. The van der Waals surface area contributed by atoms with Crippen molar-refractivity contribution < 1.29 is 4.74 Å². The van der Waals surface area contributed by atoms with E-state index >= 15 is 0 Å². The fraction of sp³-hybridized carbons (Fsp3) is 0.714. The van der Waals surface area contributed by atoms with Gasteiger partial charge in [0, 0.05) is 29.5 Å². The van der Waals surface area contributed by atoms with Crippen LogP contribution in [0.2, 0.25) is 0 Å². The lowest BCUT2D eigenvalue weighted by Gasteiger charge is -2.21. The Morgan fingerprint density at radius 1 is 1.41 bits per heavy atom. The number of rotatable bonds is 6. The van der Waals surface area contributed by atoms with Crippen LogP contribution < -0.4 is 5.32 Å². The van der Waals surface area contributed by atoms with Gasteiger partial charge in [-0.25, -0.2) is 0 Å². The van der Waals surface area contributed by atoms with E-state index in [-0.39, 0.29) is 0 Å². The summed E-state index contributed by atoms with van der Waals surface area (Å²) in [6.45, 7) is 6.27. The second kappa shape index (κ2) is 5.98. The summed E-state index contributed by atoms with van der Waals surface area (Å²) in [6, 6.07) is 2.85. The molecule has 2 nitrogen and oxygen atoms in total. The summed E-state index contributed by atoms with van der Waals surface area (Å²) in [7, 11) is 1.77. The van der Waals surface area contributed by atoms with Gasteiger partial charge in [0.15, 0.2) is 0 Å². The summed E-state index contributed by atoms with van der Waals surface area (Å²) in [4.78, 5) is 3.10. The van der Waals surface area contributed by atoms with Crippen LogP contribution in [0.4, 0.5) is 0 Å². The van der Waals surface area contributed by atoms with Crippen LogP contribution in [0, 0.1) is 5.92 Å². The number of aryl methyl sites for hydroxylation is 2. The molecule has 1 atom stereocenters. The first-order chi connectivity index (χ1) is 8.20. The summed E-state index contributed by atoms with van der Waals surface area (Å²) in [5.74, 6) is 0.613. The third-order valence-electron chi connectivity index (χ3n) is 3.49. The minimum atomic E-state index is 0.456. The highest BCUT2D eigenvalue weighted by molar-refractivity contribution is 7.12. The smallest absolute Gasteiger partial charge is 0.0618 e. The van der Waals surface area contributed by atoms with E-state index in [2.05, 4.69) is 25.2 Å². The number of ether oxygens (including phenoxy) is 1. The zero-order chi connectivity index (χ0) is 12.3. The van der Waals surface area contributed by atoms with E-state index in [4.69, 9.17) is 4.74 Å². The first-order valence-electron chi connectivity index (χ1n) is 6.53. The predicted octanol–water partition coefficient (Wildman–Crippen LogP) is 3.00. The van der Waals surface area contributed by atoms with Crippen LogP contribution in [0.1, 0.15) is 35.6 Å². The fourth-order valence-electron chi connectivity index (χ4n) is 2.38. The summed E-state index contributed by atoms with van der Waals surface area (Å²) in [5, 5.41) is 3.61. The Morgan fingerprint density at radius 3 is 2.88 bits per heavy atom. The molecule has 1 aliphatic carbocycles. The second-order valence-corrected chi connectivity index (χ2v) is 6.42. The van der Waals surface area contributed by atoms with Crippen LogP contribution >= 0.6 is 11.3 Å². The van der Waals surface area contributed by atoms with Crippen LogP contribution in [0.15, 0.2) is 6.07 Å². The molecular weight excluding hydrogens is 230 g/mol. The van der Waals surface area contributed by atoms with Gasteiger partial charge >= 0.3 is 0 Å². The zero-order valence-corrected chi connectivity index (χ0v) is 11.9. The topological polar surface area (TPSA) is 21.3 Å². The SMILES string of the molecule is COCC(NCc1cc2c(s1)CCC2)C(C)C. The molecule has 1 heterocycles. The molecule has 1 N–H and O–H groups in total. The van der Waals surface area contributed by atoms with Crippen molar-refractivity contribution in [2.75, 3.05) is 13.7 Å². The molecule has 96 valence electrons. The largest absolute Gasteiger partial charge is 0.383 e. The Morgan fingerprint density at radius 2 is 2.24 bits per heavy atom. The van der Waals surface area contributed by atoms with Gasteiger partial charge in [-0.2, -0.15) is 0 Å². The van der Waals surface area contributed by atoms with E-state index < -0.39 is 0 Å². The van der Waals surface area contributed by atoms with E-state index in [1.54, 1.807) is 17.6 Å². The Balaban J connectivity index is 1.87. The number of nitrogens with one attached hydrogen (secondary N) is 1. The van der Waals surface area contributed by atoms with Crippen LogP contribution in [-0.2, 0) is 24.1 Å². The molecule has 0 spiro atoms. The van der Waals surface area contributed by atoms with E-state index in [0.717, 1.165) is 13.2 Å². The van der Waals surface area contributed by atoms with Crippen molar-refractivity contribution in [1.29, 1.82) is 0 Å². The molecule has 0 saturated carbocycles. The average molecular weight is 253 g/mol. The first kappa shape index (κ1) is 13.1. The molecule has 0 bridgehead atoms. The first-order valence-corrected chi connectivity index (χ1v) is 7.35. The molecule has 1 unspecified atom stereocenters. The zero-order valence-electron chi connectivity index (χ0n) is 11.1. The van der Waals surface area contributed by atoms with Crippen molar-refractivity contribution >= 4 is 11.3 Å². The number of hydrogen-bond donors (Lipinski definition) is 1. The summed E-state index contributed by atoms with van der Waals surface area (Å²) < 4.78 is 5.26. The highest BCUT2D eigenvalue weighted by atomic mass is 32.1. The molecule has 3 heteroatoms. The van der Waals surface area contributed by atoms with E-state index in [0.29, 0.717) is 12.0 Å². The molecule has 0 aromatic carbocycles. The van der Waals surface area contributed by atoms with Crippen molar-refractivity contribution in [3.05, 3.63) is 21.4 Å². The van der Waals surface area contributed by atoms with Gasteiger partial charge in [-0.1, -0.05) is 13.8 Å². The molecule has 0 saturated heterocycles. The Kier molecular flexibility index (Phi) is 4.60. The van der Waals surface area contributed by atoms with Crippen molar-refractivity contribution in [2.24, 2.45) is 5.92 Å². The molecule has 0 aliphatic heterocycles. The summed E-state index contributed by atoms with van der Waals surface area (Å²) in [6.07, 6.45) is 3.94. The van der Waals surface area contributed by atoms with Crippen LogP contribution in [0.25, 0.3) is 0 Å². The highest BCUT2D eigenvalue weighted by Crippen LogP contribution is 2.30. The highest BCUT2D eigenvalue weighted by Gasteiger charge is 2.16. The van der Waals surface area contributed by atoms with Gasteiger partial charge in [0.05, 0.1) is 6.61 Å². The molecule has 0 fully saturated rings. The van der Waals surface area contributed by atoms with Crippen LogP contribution in [0.3, 0.4) is 0 Å². The third-order valence-corrected chi connectivity index (χ3v) is 4.72. The average Bonchev–Trinajstić information content (AvgIpc) is 2.83. The molecule has 0 amide bonds. The second-order valence-electron chi connectivity index (χ2n) is 5.20. The number of methoxy groups -OCH3 is 1. The number of thiophene rings is 1. The van der Waals surface area contributed by atoms with Crippen molar-refractivity contribution in [1.82, 2.24) is 5.32 Å². The maximum absolute atomic E-state index is 5.26. The number of hydrogen-bond acceptors (Lipinski definition) is 3. The molecule has 17 heavy (non-hydrogen) atoms. The Hall–Kier alpha value is -0.380. The van der Waals surface area contributed by atoms with Gasteiger partial charge < -0.3 is 10.1 Å². The van der Waals surface area contributed by atoms with Gasteiger partial charge in [-0.15, -0.1) is 11.3 Å². The lowest BCUT2D eigenvalue weighted by atomic mass is 10.1. The van der Waals surface area contributed by atoms with Gasteiger partial charge in [-0.05, 0) is 36.8 Å².